The van der Waals surface area contributed by atoms with Gasteiger partial charge in [-0.05, 0) is 79.1 Å². The van der Waals surface area contributed by atoms with Crippen LogP contribution in [0.3, 0.4) is 0 Å². The zero-order chi connectivity index (χ0) is 12.1. The van der Waals surface area contributed by atoms with E-state index in [-0.39, 0.29) is 0 Å². The average Bonchev–Trinajstić information content (AvgIpc) is 3.08. The van der Waals surface area contributed by atoms with Gasteiger partial charge in [0.05, 0.1) is 3.79 Å². The zero-order valence-electron chi connectivity index (χ0n) is 10.5. The number of thiophene rings is 1. The minimum atomic E-state index is 0.790. The monoisotopic (exact) mass is 315 g/mol. The molecule has 0 aromatic carbocycles. The Kier molecular flexibility index (Phi) is 5.51. The van der Waals surface area contributed by atoms with E-state index in [4.69, 9.17) is 0 Å². The number of halogens is 1. The van der Waals surface area contributed by atoms with Crippen LogP contribution in [0.2, 0.25) is 0 Å². The summed E-state index contributed by atoms with van der Waals surface area (Å²) < 4.78 is 1.26. The number of aryl methyl sites for hydroxylation is 1. The van der Waals surface area contributed by atoms with Crippen LogP contribution in [-0.2, 0) is 6.42 Å². The quantitative estimate of drug-likeness (QED) is 0.738. The maximum atomic E-state index is 3.72. The molecule has 1 aliphatic carbocycles. The molecule has 0 amide bonds. The maximum absolute atomic E-state index is 3.72. The van der Waals surface area contributed by atoms with Crippen LogP contribution in [0.1, 0.15) is 43.9 Å². The van der Waals surface area contributed by atoms with Crippen molar-refractivity contribution in [3.05, 3.63) is 20.8 Å². The van der Waals surface area contributed by atoms with Crippen LogP contribution >= 0.6 is 27.3 Å². The van der Waals surface area contributed by atoms with Crippen molar-refractivity contribution < 1.29 is 0 Å². The molecule has 96 valence electrons. The maximum Gasteiger partial charge on any atom is 0.0701 e. The Balaban J connectivity index is 1.68. The van der Waals surface area contributed by atoms with Gasteiger partial charge in [-0.3, -0.25) is 0 Å². The van der Waals surface area contributed by atoms with E-state index in [0.29, 0.717) is 0 Å². The standard InChI is InChI=1S/C14H22BrNS/c1-2-10-16-13(11-6-7-11)5-3-4-12-8-9-14(15)17-12/h8-9,11,13,16H,2-7,10H2,1H3. The number of hydrogen-bond donors (Lipinski definition) is 1. The zero-order valence-corrected chi connectivity index (χ0v) is 12.9. The van der Waals surface area contributed by atoms with Crippen molar-refractivity contribution in [3.63, 3.8) is 0 Å². The van der Waals surface area contributed by atoms with Gasteiger partial charge in [-0.15, -0.1) is 11.3 Å². The van der Waals surface area contributed by atoms with Crippen LogP contribution in [0.25, 0.3) is 0 Å². The van der Waals surface area contributed by atoms with Gasteiger partial charge in [0, 0.05) is 10.9 Å². The van der Waals surface area contributed by atoms with Crippen LogP contribution in [-0.4, -0.2) is 12.6 Å². The fourth-order valence-electron chi connectivity index (χ4n) is 2.32. The van der Waals surface area contributed by atoms with Gasteiger partial charge in [0.2, 0.25) is 0 Å². The fraction of sp³-hybridized carbons (Fsp3) is 0.714. The molecule has 1 unspecified atom stereocenters. The van der Waals surface area contributed by atoms with Gasteiger partial charge in [0.1, 0.15) is 0 Å². The Hall–Kier alpha value is 0.140. The van der Waals surface area contributed by atoms with Crippen molar-refractivity contribution in [3.8, 4) is 0 Å². The molecule has 0 aliphatic heterocycles. The first-order valence-corrected chi connectivity index (χ1v) is 8.38. The molecule has 1 N–H and O–H groups in total. The molecule has 0 bridgehead atoms. The Morgan fingerprint density at radius 3 is 2.88 bits per heavy atom. The molecule has 3 heteroatoms. The molecule has 1 aromatic heterocycles. The highest BCUT2D eigenvalue weighted by Crippen LogP contribution is 2.35. The van der Waals surface area contributed by atoms with Crippen molar-refractivity contribution >= 4 is 27.3 Å². The molecule has 1 saturated carbocycles. The van der Waals surface area contributed by atoms with E-state index in [1.54, 1.807) is 0 Å². The largest absolute Gasteiger partial charge is 0.314 e. The SMILES string of the molecule is CCCNC(CCCc1ccc(Br)s1)C1CC1. The average molecular weight is 316 g/mol. The Morgan fingerprint density at radius 1 is 1.47 bits per heavy atom. The summed E-state index contributed by atoms with van der Waals surface area (Å²) in [7, 11) is 0. The molecule has 1 aromatic rings. The summed E-state index contributed by atoms with van der Waals surface area (Å²) >= 11 is 5.40. The highest BCUT2D eigenvalue weighted by molar-refractivity contribution is 9.11. The minimum absolute atomic E-state index is 0.790. The van der Waals surface area contributed by atoms with Gasteiger partial charge in [0.25, 0.3) is 0 Å². The summed E-state index contributed by atoms with van der Waals surface area (Å²) in [5, 5.41) is 3.72. The molecule has 1 atom stereocenters. The van der Waals surface area contributed by atoms with E-state index in [0.717, 1.165) is 12.0 Å². The third kappa shape index (κ3) is 4.72. The van der Waals surface area contributed by atoms with Gasteiger partial charge in [-0.2, -0.15) is 0 Å². The molecule has 1 nitrogen and oxygen atoms in total. The van der Waals surface area contributed by atoms with Crippen LogP contribution in [0.5, 0.6) is 0 Å². The lowest BCUT2D eigenvalue weighted by atomic mass is 10.0. The summed E-state index contributed by atoms with van der Waals surface area (Å²) in [4.78, 5) is 1.52. The highest BCUT2D eigenvalue weighted by Gasteiger charge is 2.29. The molecule has 1 fully saturated rings. The summed E-state index contributed by atoms with van der Waals surface area (Å²) in [6.45, 7) is 3.44. The molecule has 0 saturated heterocycles. The molecule has 17 heavy (non-hydrogen) atoms. The molecule has 2 rings (SSSR count). The van der Waals surface area contributed by atoms with Gasteiger partial charge < -0.3 is 5.32 Å². The summed E-state index contributed by atoms with van der Waals surface area (Å²) in [6.07, 6.45) is 8.07. The van der Waals surface area contributed by atoms with Gasteiger partial charge in [0.15, 0.2) is 0 Å². The van der Waals surface area contributed by atoms with Gasteiger partial charge in [-0.1, -0.05) is 6.92 Å². The molecule has 1 heterocycles. The lowest BCUT2D eigenvalue weighted by molar-refractivity contribution is 0.425. The third-order valence-corrected chi connectivity index (χ3v) is 5.10. The van der Waals surface area contributed by atoms with E-state index >= 15 is 0 Å². The van der Waals surface area contributed by atoms with Crippen molar-refractivity contribution in [2.75, 3.05) is 6.54 Å². The number of nitrogens with one attached hydrogen (secondary N) is 1. The first kappa shape index (κ1) is 13.6. The third-order valence-electron chi connectivity index (χ3n) is 3.41. The van der Waals surface area contributed by atoms with Gasteiger partial charge >= 0.3 is 0 Å². The van der Waals surface area contributed by atoms with Gasteiger partial charge in [-0.25, -0.2) is 0 Å². The van der Waals surface area contributed by atoms with E-state index in [9.17, 15) is 0 Å². The second kappa shape index (κ2) is 6.91. The Morgan fingerprint density at radius 2 is 2.29 bits per heavy atom. The molecule has 0 radical (unpaired) electrons. The predicted molar refractivity (Wildman–Crippen MR) is 79.8 cm³/mol. The summed E-state index contributed by atoms with van der Waals surface area (Å²) in [5.41, 5.74) is 0. The number of hydrogen-bond acceptors (Lipinski definition) is 2. The lowest BCUT2D eigenvalue weighted by Gasteiger charge is -2.17. The topological polar surface area (TPSA) is 12.0 Å². The van der Waals surface area contributed by atoms with Crippen molar-refractivity contribution in [2.24, 2.45) is 5.92 Å². The predicted octanol–water partition coefficient (Wildman–Crippen LogP) is 4.61. The van der Waals surface area contributed by atoms with Crippen molar-refractivity contribution in [1.82, 2.24) is 5.32 Å². The van der Waals surface area contributed by atoms with E-state index in [2.05, 4.69) is 40.3 Å². The number of rotatable bonds is 8. The van der Waals surface area contributed by atoms with Crippen LogP contribution < -0.4 is 5.32 Å². The second-order valence-corrected chi connectivity index (χ2v) is 7.54. The van der Waals surface area contributed by atoms with Crippen LogP contribution in [0.4, 0.5) is 0 Å². The first-order valence-electron chi connectivity index (χ1n) is 6.77. The highest BCUT2D eigenvalue weighted by atomic mass is 79.9. The van der Waals surface area contributed by atoms with Crippen molar-refractivity contribution in [1.29, 1.82) is 0 Å². The van der Waals surface area contributed by atoms with E-state index in [1.165, 1.54) is 53.7 Å². The Labute approximate surface area is 117 Å². The van der Waals surface area contributed by atoms with Crippen LogP contribution in [0, 0.1) is 5.92 Å². The smallest absolute Gasteiger partial charge is 0.0701 e. The van der Waals surface area contributed by atoms with E-state index < -0.39 is 0 Å². The molecule has 0 spiro atoms. The summed E-state index contributed by atoms with van der Waals surface area (Å²) in [5.74, 6) is 0.983. The van der Waals surface area contributed by atoms with Crippen molar-refractivity contribution in [2.45, 2.75) is 51.5 Å². The lowest BCUT2D eigenvalue weighted by Crippen LogP contribution is -2.31. The first-order chi connectivity index (χ1) is 8.29. The Bertz CT molecular complexity index is 333. The second-order valence-electron chi connectivity index (χ2n) is 5.00. The molecular weight excluding hydrogens is 294 g/mol. The normalized spacial score (nSPS) is 17.3. The molecular formula is C14H22BrNS. The molecule has 1 aliphatic rings. The summed E-state index contributed by atoms with van der Waals surface area (Å²) in [6, 6.07) is 5.20. The minimum Gasteiger partial charge on any atom is -0.314 e. The van der Waals surface area contributed by atoms with E-state index in [1.807, 2.05) is 11.3 Å². The van der Waals surface area contributed by atoms with Crippen LogP contribution in [0.15, 0.2) is 15.9 Å². The fourth-order valence-corrected chi connectivity index (χ4v) is 3.84.